The molecule has 1 heterocycles. The molecule has 1 fully saturated rings. The Bertz CT molecular complexity index is 752. The van der Waals surface area contributed by atoms with Gasteiger partial charge in [0.1, 0.15) is 18.5 Å². The van der Waals surface area contributed by atoms with Crippen LogP contribution in [0.3, 0.4) is 0 Å². The predicted octanol–water partition coefficient (Wildman–Crippen LogP) is 4.30. The Hall–Kier alpha value is -2.13. The van der Waals surface area contributed by atoms with Gasteiger partial charge in [0.15, 0.2) is 5.78 Å². The number of ketones is 1. The first-order chi connectivity index (χ1) is 11.3. The lowest BCUT2D eigenvalue weighted by atomic mass is 9.85. The Kier molecular flexibility index (Phi) is 4.46. The fourth-order valence-corrected chi connectivity index (χ4v) is 2.58. The lowest BCUT2D eigenvalue weighted by molar-refractivity contribution is 0.103. The van der Waals surface area contributed by atoms with E-state index in [1.807, 2.05) is 43.3 Å². The number of hydrogen-bond acceptors (Lipinski definition) is 3. The van der Waals surface area contributed by atoms with Crippen molar-refractivity contribution < 1.29 is 14.3 Å². The van der Waals surface area contributed by atoms with Gasteiger partial charge in [-0.1, -0.05) is 50.6 Å². The molecule has 126 valence electrons. The fraction of sp³-hybridized carbons (Fsp3) is 0.381. The van der Waals surface area contributed by atoms with Crippen LogP contribution in [0.15, 0.2) is 42.5 Å². The number of aryl methyl sites for hydroxylation is 1. The molecule has 1 atom stereocenters. The summed E-state index contributed by atoms with van der Waals surface area (Å²) in [7, 11) is 0. The highest BCUT2D eigenvalue weighted by Crippen LogP contribution is 2.27. The molecule has 1 unspecified atom stereocenters. The Morgan fingerprint density at radius 1 is 1.21 bits per heavy atom. The largest absolute Gasteiger partial charge is 0.490 e. The number of benzene rings is 2. The van der Waals surface area contributed by atoms with Crippen molar-refractivity contribution >= 4 is 5.78 Å². The molecule has 0 radical (unpaired) electrons. The molecule has 3 nitrogen and oxygen atoms in total. The summed E-state index contributed by atoms with van der Waals surface area (Å²) < 4.78 is 11.0. The minimum absolute atomic E-state index is 0.00323. The van der Waals surface area contributed by atoms with Crippen molar-refractivity contribution in [1.82, 2.24) is 0 Å². The fourth-order valence-electron chi connectivity index (χ4n) is 2.58. The molecule has 0 amide bonds. The van der Waals surface area contributed by atoms with Crippen LogP contribution in [-0.2, 0) is 10.2 Å². The molecule has 0 spiro atoms. The lowest BCUT2D eigenvalue weighted by Crippen LogP contribution is -2.13. The molecule has 3 heteroatoms. The Morgan fingerprint density at radius 2 is 1.96 bits per heavy atom. The SMILES string of the molecule is Cc1ccc(OCC2CO2)c(C(=O)c2cccc(C(C)(C)C)c2)c1. The van der Waals surface area contributed by atoms with Crippen molar-refractivity contribution in [1.29, 1.82) is 0 Å². The van der Waals surface area contributed by atoms with E-state index in [2.05, 4.69) is 26.8 Å². The Balaban J connectivity index is 1.92. The molecule has 3 rings (SSSR count). The van der Waals surface area contributed by atoms with Crippen LogP contribution in [0.25, 0.3) is 0 Å². The number of hydrogen-bond donors (Lipinski definition) is 0. The van der Waals surface area contributed by atoms with Crippen LogP contribution in [-0.4, -0.2) is 25.1 Å². The van der Waals surface area contributed by atoms with Crippen molar-refractivity contribution in [2.45, 2.75) is 39.2 Å². The highest BCUT2D eigenvalue weighted by atomic mass is 16.6. The van der Waals surface area contributed by atoms with E-state index in [0.29, 0.717) is 23.5 Å². The minimum Gasteiger partial charge on any atom is -0.490 e. The maximum Gasteiger partial charge on any atom is 0.196 e. The summed E-state index contributed by atoms with van der Waals surface area (Å²) in [5, 5.41) is 0. The van der Waals surface area contributed by atoms with Crippen molar-refractivity contribution in [2.75, 3.05) is 13.2 Å². The van der Waals surface area contributed by atoms with Crippen LogP contribution in [0.4, 0.5) is 0 Å². The van der Waals surface area contributed by atoms with E-state index in [-0.39, 0.29) is 17.3 Å². The number of carbonyl (C=O) groups excluding carboxylic acids is 1. The molecule has 24 heavy (non-hydrogen) atoms. The lowest BCUT2D eigenvalue weighted by Gasteiger charge is -2.19. The van der Waals surface area contributed by atoms with Gasteiger partial charge in [-0.05, 0) is 36.1 Å². The zero-order valence-corrected chi connectivity index (χ0v) is 14.8. The van der Waals surface area contributed by atoms with Crippen molar-refractivity contribution in [3.63, 3.8) is 0 Å². The molecule has 1 aliphatic rings. The smallest absolute Gasteiger partial charge is 0.196 e. The maximum absolute atomic E-state index is 13.0. The molecule has 1 saturated heterocycles. The van der Waals surface area contributed by atoms with Gasteiger partial charge in [0, 0.05) is 5.56 Å². The second-order valence-electron chi connectivity index (χ2n) is 7.43. The molecule has 0 bridgehead atoms. The summed E-state index contributed by atoms with van der Waals surface area (Å²) in [6.45, 7) is 9.65. The molecular formula is C21H24O3. The highest BCUT2D eigenvalue weighted by molar-refractivity contribution is 6.11. The van der Waals surface area contributed by atoms with Gasteiger partial charge >= 0.3 is 0 Å². The standard InChI is InChI=1S/C21H24O3/c1-14-8-9-19(24-13-17-12-23-17)18(10-14)20(22)15-6-5-7-16(11-15)21(2,3)4/h5-11,17H,12-13H2,1-4H3. The second kappa shape index (κ2) is 6.40. The van der Waals surface area contributed by atoms with Gasteiger partial charge in [0.2, 0.25) is 0 Å². The molecular weight excluding hydrogens is 300 g/mol. The van der Waals surface area contributed by atoms with Gasteiger partial charge in [-0.2, -0.15) is 0 Å². The summed E-state index contributed by atoms with van der Waals surface area (Å²) in [5.74, 6) is 0.624. The second-order valence-corrected chi connectivity index (χ2v) is 7.43. The Morgan fingerprint density at radius 3 is 2.62 bits per heavy atom. The molecule has 0 aliphatic carbocycles. The first-order valence-electron chi connectivity index (χ1n) is 8.35. The van der Waals surface area contributed by atoms with Crippen LogP contribution in [0, 0.1) is 6.92 Å². The monoisotopic (exact) mass is 324 g/mol. The van der Waals surface area contributed by atoms with E-state index >= 15 is 0 Å². The third-order valence-corrected chi connectivity index (χ3v) is 4.20. The van der Waals surface area contributed by atoms with Gasteiger partial charge in [0.05, 0.1) is 12.2 Å². The van der Waals surface area contributed by atoms with E-state index in [4.69, 9.17) is 9.47 Å². The first kappa shape index (κ1) is 16.7. The first-order valence-corrected chi connectivity index (χ1v) is 8.35. The average Bonchev–Trinajstić information content (AvgIpc) is 3.36. The van der Waals surface area contributed by atoms with Crippen molar-refractivity contribution in [3.05, 3.63) is 64.7 Å². The molecule has 1 aliphatic heterocycles. The number of rotatable bonds is 5. The molecule has 0 saturated carbocycles. The van der Waals surface area contributed by atoms with Crippen LogP contribution in [0.5, 0.6) is 5.75 Å². The number of epoxide rings is 1. The van der Waals surface area contributed by atoms with Crippen LogP contribution < -0.4 is 4.74 Å². The van der Waals surface area contributed by atoms with E-state index in [0.717, 1.165) is 17.7 Å². The van der Waals surface area contributed by atoms with Crippen LogP contribution in [0.1, 0.15) is 47.8 Å². The zero-order valence-electron chi connectivity index (χ0n) is 14.8. The van der Waals surface area contributed by atoms with E-state index in [1.165, 1.54) is 0 Å². The third-order valence-electron chi connectivity index (χ3n) is 4.20. The molecule has 2 aromatic rings. The topological polar surface area (TPSA) is 38.8 Å². The van der Waals surface area contributed by atoms with Crippen molar-refractivity contribution in [3.8, 4) is 5.75 Å². The van der Waals surface area contributed by atoms with E-state index in [9.17, 15) is 4.79 Å². The van der Waals surface area contributed by atoms with Gasteiger partial charge in [0.25, 0.3) is 0 Å². The van der Waals surface area contributed by atoms with E-state index in [1.54, 1.807) is 0 Å². The quantitative estimate of drug-likeness (QED) is 0.608. The van der Waals surface area contributed by atoms with Gasteiger partial charge < -0.3 is 9.47 Å². The molecule has 2 aromatic carbocycles. The van der Waals surface area contributed by atoms with Gasteiger partial charge in [-0.3, -0.25) is 4.79 Å². The molecule has 0 aromatic heterocycles. The Labute approximate surface area is 143 Å². The summed E-state index contributed by atoms with van der Waals surface area (Å²) in [6.07, 6.45) is 0.165. The summed E-state index contributed by atoms with van der Waals surface area (Å²) in [4.78, 5) is 13.0. The van der Waals surface area contributed by atoms with E-state index < -0.39 is 0 Å². The average molecular weight is 324 g/mol. The summed E-state index contributed by atoms with van der Waals surface area (Å²) in [5.41, 5.74) is 3.50. The number of carbonyl (C=O) groups is 1. The minimum atomic E-state index is -0.00323. The normalized spacial score (nSPS) is 16.8. The van der Waals surface area contributed by atoms with Crippen LogP contribution >= 0.6 is 0 Å². The van der Waals surface area contributed by atoms with Gasteiger partial charge in [-0.25, -0.2) is 0 Å². The van der Waals surface area contributed by atoms with Crippen molar-refractivity contribution in [2.24, 2.45) is 0 Å². The van der Waals surface area contributed by atoms with Crippen LogP contribution in [0.2, 0.25) is 0 Å². The highest BCUT2D eigenvalue weighted by Gasteiger charge is 2.25. The van der Waals surface area contributed by atoms with Gasteiger partial charge in [-0.15, -0.1) is 0 Å². The maximum atomic E-state index is 13.0. The predicted molar refractivity (Wildman–Crippen MR) is 95.0 cm³/mol. The number of ether oxygens (including phenoxy) is 2. The summed E-state index contributed by atoms with van der Waals surface area (Å²) in [6, 6.07) is 13.6. The zero-order chi connectivity index (χ0) is 17.3. The summed E-state index contributed by atoms with van der Waals surface area (Å²) >= 11 is 0. The third kappa shape index (κ3) is 3.85. The molecule has 0 N–H and O–H groups in total.